The zero-order valence-electron chi connectivity index (χ0n) is 10.4. The first-order valence-corrected chi connectivity index (χ1v) is 6.22. The van der Waals surface area contributed by atoms with Crippen LogP contribution in [-0.4, -0.2) is 39.3 Å². The molecule has 3 heterocycles. The van der Waals surface area contributed by atoms with Crippen LogP contribution in [0.5, 0.6) is 0 Å². The van der Waals surface area contributed by atoms with Gasteiger partial charge in [-0.2, -0.15) is 0 Å². The lowest BCUT2D eigenvalue weighted by molar-refractivity contribution is 0.315. The van der Waals surface area contributed by atoms with E-state index in [1.54, 1.807) is 12.7 Å². The van der Waals surface area contributed by atoms with Crippen molar-refractivity contribution in [3.05, 3.63) is 12.7 Å². The van der Waals surface area contributed by atoms with Crippen molar-refractivity contribution in [1.29, 1.82) is 0 Å². The molecule has 1 saturated heterocycles. The molecule has 0 spiro atoms. The Kier molecular flexibility index (Phi) is 2.85. The first-order chi connectivity index (χ1) is 8.79. The summed E-state index contributed by atoms with van der Waals surface area (Å²) in [6, 6.07) is 0. The summed E-state index contributed by atoms with van der Waals surface area (Å²) in [6.07, 6.45) is 5.26. The van der Waals surface area contributed by atoms with E-state index in [4.69, 9.17) is 0 Å². The number of rotatable bonds is 2. The van der Waals surface area contributed by atoms with Gasteiger partial charge in [-0.25, -0.2) is 15.0 Å². The number of fused-ring (bicyclic) bond motifs is 1. The van der Waals surface area contributed by atoms with Crippen LogP contribution in [0.15, 0.2) is 12.7 Å². The zero-order valence-corrected chi connectivity index (χ0v) is 10.4. The zero-order chi connectivity index (χ0) is 12.5. The van der Waals surface area contributed by atoms with Gasteiger partial charge in [0.05, 0.1) is 13.0 Å². The molecule has 0 bridgehead atoms. The molecule has 6 heteroatoms. The van der Waals surface area contributed by atoms with Gasteiger partial charge in [0.2, 0.25) is 0 Å². The molecule has 3 rings (SSSR count). The highest BCUT2D eigenvalue weighted by Gasteiger charge is 2.23. The first-order valence-electron chi connectivity index (χ1n) is 6.22. The molecule has 1 aliphatic rings. The molecule has 2 aromatic rings. The van der Waals surface area contributed by atoms with Crippen LogP contribution in [0.1, 0.15) is 12.8 Å². The van der Waals surface area contributed by atoms with Crippen molar-refractivity contribution in [2.45, 2.75) is 12.8 Å². The lowest BCUT2D eigenvalue weighted by Crippen LogP contribution is -2.36. The number of imidazole rings is 1. The molecule has 1 aliphatic heterocycles. The van der Waals surface area contributed by atoms with E-state index in [1.807, 2.05) is 11.6 Å². The van der Waals surface area contributed by atoms with Crippen LogP contribution >= 0.6 is 0 Å². The monoisotopic (exact) mass is 249 g/mol. The minimum Gasteiger partial charge on any atom is -0.354 e. The first kappa shape index (κ1) is 11.4. The predicted octanol–water partition coefficient (Wildman–Crippen LogP) is 1.55. The molecule has 0 aromatic carbocycles. The van der Waals surface area contributed by atoms with Crippen LogP contribution in [0.3, 0.4) is 0 Å². The van der Waals surface area contributed by atoms with E-state index in [0.717, 1.165) is 42.9 Å². The Hall–Kier alpha value is -1.72. The summed E-state index contributed by atoms with van der Waals surface area (Å²) < 4.78 is 14.7. The summed E-state index contributed by atoms with van der Waals surface area (Å²) in [5.74, 6) is 0.950. The highest BCUT2D eigenvalue weighted by atomic mass is 19.1. The molecule has 2 aromatic heterocycles. The van der Waals surface area contributed by atoms with Crippen LogP contribution in [0, 0.1) is 5.92 Å². The van der Waals surface area contributed by atoms with Gasteiger partial charge in [0.25, 0.3) is 0 Å². The Balaban J connectivity index is 1.98. The second kappa shape index (κ2) is 4.51. The van der Waals surface area contributed by atoms with Crippen LogP contribution in [0.4, 0.5) is 10.2 Å². The Morgan fingerprint density at radius 2 is 2.28 bits per heavy atom. The third-order valence-corrected chi connectivity index (χ3v) is 3.51. The van der Waals surface area contributed by atoms with Gasteiger partial charge in [-0.15, -0.1) is 0 Å². The number of hydrogen-bond donors (Lipinski definition) is 0. The van der Waals surface area contributed by atoms with E-state index >= 15 is 0 Å². The van der Waals surface area contributed by atoms with Crippen molar-refractivity contribution in [2.24, 2.45) is 13.0 Å². The number of anilines is 1. The minimum atomic E-state index is -0.257. The van der Waals surface area contributed by atoms with Gasteiger partial charge in [-0.1, -0.05) is 0 Å². The molecule has 0 aliphatic carbocycles. The van der Waals surface area contributed by atoms with Gasteiger partial charge in [-0.05, 0) is 12.8 Å². The Morgan fingerprint density at radius 3 is 3.11 bits per heavy atom. The lowest BCUT2D eigenvalue weighted by Gasteiger charge is -2.32. The fraction of sp³-hybridized carbons (Fsp3) is 0.583. The van der Waals surface area contributed by atoms with Crippen LogP contribution < -0.4 is 4.90 Å². The quantitative estimate of drug-likeness (QED) is 0.810. The van der Waals surface area contributed by atoms with Gasteiger partial charge < -0.3 is 9.47 Å². The summed E-state index contributed by atoms with van der Waals surface area (Å²) >= 11 is 0. The van der Waals surface area contributed by atoms with E-state index in [-0.39, 0.29) is 12.6 Å². The Bertz CT molecular complexity index is 552. The third-order valence-electron chi connectivity index (χ3n) is 3.51. The van der Waals surface area contributed by atoms with E-state index in [0.29, 0.717) is 0 Å². The minimum absolute atomic E-state index is 0.118. The molecule has 0 radical (unpaired) electrons. The van der Waals surface area contributed by atoms with Crippen LogP contribution in [-0.2, 0) is 7.05 Å². The molecule has 0 amide bonds. The maximum Gasteiger partial charge on any atom is 0.165 e. The van der Waals surface area contributed by atoms with E-state index < -0.39 is 0 Å². The average Bonchev–Trinajstić information content (AvgIpc) is 2.81. The number of hydrogen-bond acceptors (Lipinski definition) is 4. The predicted molar refractivity (Wildman–Crippen MR) is 67.2 cm³/mol. The topological polar surface area (TPSA) is 46.8 Å². The summed E-state index contributed by atoms with van der Waals surface area (Å²) in [4.78, 5) is 15.0. The van der Waals surface area contributed by atoms with E-state index in [9.17, 15) is 4.39 Å². The Morgan fingerprint density at radius 1 is 1.39 bits per heavy atom. The molecule has 5 nitrogen and oxygen atoms in total. The van der Waals surface area contributed by atoms with Gasteiger partial charge in [0.15, 0.2) is 17.0 Å². The molecule has 1 atom stereocenters. The number of nitrogens with zero attached hydrogens (tertiary/aromatic N) is 5. The number of piperidine rings is 1. The highest BCUT2D eigenvalue weighted by Crippen LogP contribution is 2.26. The summed E-state index contributed by atoms with van der Waals surface area (Å²) in [5, 5.41) is 0. The third kappa shape index (κ3) is 1.81. The molecular formula is C12H16FN5. The number of alkyl halides is 1. The van der Waals surface area contributed by atoms with Gasteiger partial charge in [0, 0.05) is 26.1 Å². The van der Waals surface area contributed by atoms with E-state index in [2.05, 4.69) is 19.9 Å². The summed E-state index contributed by atoms with van der Waals surface area (Å²) in [6.45, 7) is 1.38. The van der Waals surface area contributed by atoms with Gasteiger partial charge >= 0.3 is 0 Å². The SMILES string of the molecule is Cn1cnc2c(N3CCCC(CF)C3)ncnc21. The average molecular weight is 249 g/mol. The van der Waals surface area contributed by atoms with Crippen molar-refractivity contribution in [3.8, 4) is 0 Å². The second-order valence-corrected chi connectivity index (χ2v) is 4.83. The standard InChI is InChI=1S/C12H16FN5/c1-17-8-16-10-11(17)14-7-15-12(10)18-4-2-3-9(5-13)6-18/h7-9H,2-6H2,1H3. The molecule has 96 valence electrons. The number of aromatic nitrogens is 4. The largest absolute Gasteiger partial charge is 0.354 e. The number of aryl methyl sites for hydroxylation is 1. The van der Waals surface area contributed by atoms with Crippen molar-refractivity contribution < 1.29 is 4.39 Å². The second-order valence-electron chi connectivity index (χ2n) is 4.83. The molecule has 18 heavy (non-hydrogen) atoms. The molecule has 1 unspecified atom stereocenters. The van der Waals surface area contributed by atoms with Crippen molar-refractivity contribution in [2.75, 3.05) is 24.7 Å². The van der Waals surface area contributed by atoms with E-state index in [1.165, 1.54) is 0 Å². The molecule has 0 saturated carbocycles. The fourth-order valence-electron chi connectivity index (χ4n) is 2.55. The highest BCUT2D eigenvalue weighted by molar-refractivity contribution is 5.83. The lowest BCUT2D eigenvalue weighted by atomic mass is 9.99. The van der Waals surface area contributed by atoms with Gasteiger partial charge in [-0.3, -0.25) is 4.39 Å². The fourth-order valence-corrected chi connectivity index (χ4v) is 2.55. The normalized spacial score (nSPS) is 20.6. The molecule has 0 N–H and O–H groups in total. The van der Waals surface area contributed by atoms with Crippen molar-refractivity contribution in [1.82, 2.24) is 19.5 Å². The Labute approximate surface area is 105 Å². The van der Waals surface area contributed by atoms with Crippen molar-refractivity contribution in [3.63, 3.8) is 0 Å². The van der Waals surface area contributed by atoms with Crippen LogP contribution in [0.25, 0.3) is 11.2 Å². The maximum atomic E-state index is 12.8. The molecular weight excluding hydrogens is 233 g/mol. The smallest absolute Gasteiger partial charge is 0.165 e. The summed E-state index contributed by atoms with van der Waals surface area (Å²) in [7, 11) is 1.91. The van der Waals surface area contributed by atoms with Crippen molar-refractivity contribution >= 4 is 17.0 Å². The number of halogens is 1. The molecule has 1 fully saturated rings. The van der Waals surface area contributed by atoms with Gasteiger partial charge in [0.1, 0.15) is 6.33 Å². The van der Waals surface area contributed by atoms with Crippen LogP contribution in [0.2, 0.25) is 0 Å². The maximum absolute atomic E-state index is 12.8. The summed E-state index contributed by atoms with van der Waals surface area (Å²) in [5.41, 5.74) is 1.63.